The first kappa shape index (κ1) is 14.9. The molecule has 1 heterocycles. The molecule has 1 aromatic heterocycles. The fourth-order valence-corrected chi connectivity index (χ4v) is 2.37. The molecule has 6 heteroatoms. The SMILES string of the molecule is CCCn1cc(N)c(=O)n(CCCSCC)c1=O. The zero-order valence-electron chi connectivity index (χ0n) is 11.0. The van der Waals surface area contributed by atoms with Crippen LogP contribution in [-0.4, -0.2) is 20.6 Å². The summed E-state index contributed by atoms with van der Waals surface area (Å²) in [5.41, 5.74) is 5.18. The molecule has 0 aliphatic rings. The standard InChI is InChI=1S/C12H21N3O2S/c1-3-6-14-9-10(13)11(16)15(12(14)17)7-5-8-18-4-2/h9H,3-8,13H2,1-2H3. The van der Waals surface area contributed by atoms with E-state index in [0.717, 1.165) is 24.3 Å². The summed E-state index contributed by atoms with van der Waals surface area (Å²) in [6.07, 6.45) is 3.10. The quantitative estimate of drug-likeness (QED) is 0.755. The molecule has 5 nitrogen and oxygen atoms in total. The van der Waals surface area contributed by atoms with E-state index in [2.05, 4.69) is 6.92 Å². The maximum Gasteiger partial charge on any atom is 0.331 e. The lowest BCUT2D eigenvalue weighted by molar-refractivity contribution is 0.544. The van der Waals surface area contributed by atoms with Crippen molar-refractivity contribution < 1.29 is 0 Å². The first-order chi connectivity index (χ1) is 8.61. The van der Waals surface area contributed by atoms with Crippen molar-refractivity contribution in [1.29, 1.82) is 0 Å². The van der Waals surface area contributed by atoms with Gasteiger partial charge < -0.3 is 5.73 Å². The number of aryl methyl sites for hydroxylation is 1. The normalized spacial score (nSPS) is 10.8. The van der Waals surface area contributed by atoms with Crippen LogP contribution in [0.25, 0.3) is 0 Å². The van der Waals surface area contributed by atoms with E-state index < -0.39 is 0 Å². The van der Waals surface area contributed by atoms with Gasteiger partial charge in [-0.1, -0.05) is 13.8 Å². The molecule has 0 spiro atoms. The van der Waals surface area contributed by atoms with Crippen LogP contribution in [0.1, 0.15) is 26.7 Å². The average Bonchev–Trinajstić information content (AvgIpc) is 2.35. The van der Waals surface area contributed by atoms with Gasteiger partial charge in [0.1, 0.15) is 5.69 Å². The Morgan fingerprint density at radius 1 is 1.28 bits per heavy atom. The van der Waals surface area contributed by atoms with E-state index in [1.807, 2.05) is 6.92 Å². The van der Waals surface area contributed by atoms with E-state index in [9.17, 15) is 9.59 Å². The minimum atomic E-state index is -0.367. The molecule has 0 aliphatic carbocycles. The Morgan fingerprint density at radius 2 is 2.00 bits per heavy atom. The molecule has 0 aromatic carbocycles. The lowest BCUT2D eigenvalue weighted by Gasteiger charge is -2.10. The van der Waals surface area contributed by atoms with Crippen LogP contribution < -0.4 is 17.0 Å². The van der Waals surface area contributed by atoms with Crippen molar-refractivity contribution in [3.05, 3.63) is 27.0 Å². The predicted molar refractivity (Wildman–Crippen MR) is 77.3 cm³/mol. The number of nitrogens with zero attached hydrogens (tertiary/aromatic N) is 2. The van der Waals surface area contributed by atoms with E-state index in [1.54, 1.807) is 11.8 Å². The van der Waals surface area contributed by atoms with Gasteiger partial charge in [-0.15, -0.1) is 0 Å². The first-order valence-corrected chi connectivity index (χ1v) is 7.44. The Morgan fingerprint density at radius 3 is 2.61 bits per heavy atom. The molecule has 2 N–H and O–H groups in total. The lowest BCUT2D eigenvalue weighted by atomic mass is 10.4. The highest BCUT2D eigenvalue weighted by Crippen LogP contribution is 2.01. The van der Waals surface area contributed by atoms with Crippen molar-refractivity contribution in [2.75, 3.05) is 17.2 Å². The average molecular weight is 271 g/mol. The third-order valence-corrected chi connectivity index (χ3v) is 3.59. The van der Waals surface area contributed by atoms with Crippen LogP contribution in [0, 0.1) is 0 Å². The summed E-state index contributed by atoms with van der Waals surface area (Å²) in [7, 11) is 0. The minimum Gasteiger partial charge on any atom is -0.393 e. The Hall–Kier alpha value is -1.17. The molecule has 102 valence electrons. The topological polar surface area (TPSA) is 70.0 Å². The summed E-state index contributed by atoms with van der Waals surface area (Å²) in [5.74, 6) is 2.00. The van der Waals surface area contributed by atoms with Gasteiger partial charge in [0.25, 0.3) is 5.56 Å². The van der Waals surface area contributed by atoms with Crippen molar-refractivity contribution in [2.45, 2.75) is 39.8 Å². The van der Waals surface area contributed by atoms with Gasteiger partial charge in [0.05, 0.1) is 0 Å². The summed E-state index contributed by atoms with van der Waals surface area (Å²) in [5, 5.41) is 0. The van der Waals surface area contributed by atoms with Crippen LogP contribution in [0.3, 0.4) is 0 Å². The zero-order chi connectivity index (χ0) is 13.5. The molecule has 0 amide bonds. The number of aromatic nitrogens is 2. The molecule has 0 unspecified atom stereocenters. The van der Waals surface area contributed by atoms with Crippen LogP contribution in [0.4, 0.5) is 5.69 Å². The van der Waals surface area contributed by atoms with Gasteiger partial charge in [0, 0.05) is 19.3 Å². The summed E-state index contributed by atoms with van der Waals surface area (Å²) in [6.45, 7) is 5.11. The summed E-state index contributed by atoms with van der Waals surface area (Å²) in [6, 6.07) is 0. The van der Waals surface area contributed by atoms with Crippen molar-refractivity contribution in [2.24, 2.45) is 0 Å². The maximum absolute atomic E-state index is 12.1. The number of nitrogen functional groups attached to an aromatic ring is 1. The highest BCUT2D eigenvalue weighted by atomic mass is 32.2. The molecule has 1 aromatic rings. The third-order valence-electron chi connectivity index (χ3n) is 2.60. The van der Waals surface area contributed by atoms with Crippen molar-refractivity contribution >= 4 is 17.4 Å². The molecule has 0 aliphatic heterocycles. The van der Waals surface area contributed by atoms with Crippen LogP contribution >= 0.6 is 11.8 Å². The number of hydrogen-bond acceptors (Lipinski definition) is 4. The molecule has 0 radical (unpaired) electrons. The van der Waals surface area contributed by atoms with Crippen molar-refractivity contribution in [3.63, 3.8) is 0 Å². The molecule has 0 atom stereocenters. The van der Waals surface area contributed by atoms with Gasteiger partial charge in [-0.2, -0.15) is 11.8 Å². The van der Waals surface area contributed by atoms with Gasteiger partial charge in [-0.25, -0.2) is 4.79 Å². The van der Waals surface area contributed by atoms with Crippen LogP contribution in [0.5, 0.6) is 0 Å². The Kier molecular flexibility index (Phi) is 6.04. The van der Waals surface area contributed by atoms with E-state index in [0.29, 0.717) is 13.1 Å². The first-order valence-electron chi connectivity index (χ1n) is 6.29. The summed E-state index contributed by atoms with van der Waals surface area (Å²) < 4.78 is 2.77. The summed E-state index contributed by atoms with van der Waals surface area (Å²) >= 11 is 1.80. The highest BCUT2D eigenvalue weighted by Gasteiger charge is 2.08. The van der Waals surface area contributed by atoms with Gasteiger partial charge in [0.2, 0.25) is 0 Å². The van der Waals surface area contributed by atoms with E-state index >= 15 is 0 Å². The Bertz CT molecular complexity index is 493. The van der Waals surface area contributed by atoms with Crippen LogP contribution in [-0.2, 0) is 13.1 Å². The number of nitrogens with two attached hydrogens (primary N) is 1. The van der Waals surface area contributed by atoms with E-state index in [-0.39, 0.29) is 16.9 Å². The second-order valence-corrected chi connectivity index (χ2v) is 5.46. The van der Waals surface area contributed by atoms with Gasteiger partial charge >= 0.3 is 5.69 Å². The third kappa shape index (κ3) is 3.66. The smallest absolute Gasteiger partial charge is 0.331 e. The molecule has 1 rings (SSSR count). The molecule has 0 saturated heterocycles. The van der Waals surface area contributed by atoms with Crippen LogP contribution in [0.2, 0.25) is 0 Å². The van der Waals surface area contributed by atoms with Gasteiger partial charge in [-0.3, -0.25) is 13.9 Å². The van der Waals surface area contributed by atoms with Crippen LogP contribution in [0.15, 0.2) is 15.8 Å². The fourth-order valence-electron chi connectivity index (χ4n) is 1.74. The van der Waals surface area contributed by atoms with E-state index in [4.69, 9.17) is 5.73 Å². The lowest BCUT2D eigenvalue weighted by Crippen LogP contribution is -2.40. The number of rotatable bonds is 7. The Balaban J connectivity index is 2.94. The van der Waals surface area contributed by atoms with E-state index in [1.165, 1.54) is 15.3 Å². The second kappa shape index (κ2) is 7.31. The molecular weight excluding hydrogens is 250 g/mol. The van der Waals surface area contributed by atoms with Crippen molar-refractivity contribution in [1.82, 2.24) is 9.13 Å². The molecular formula is C12H21N3O2S. The zero-order valence-corrected chi connectivity index (χ0v) is 11.8. The largest absolute Gasteiger partial charge is 0.393 e. The van der Waals surface area contributed by atoms with Gasteiger partial charge in [-0.05, 0) is 24.3 Å². The molecule has 0 saturated carbocycles. The van der Waals surface area contributed by atoms with Crippen molar-refractivity contribution in [3.8, 4) is 0 Å². The number of hydrogen-bond donors (Lipinski definition) is 1. The molecule has 0 bridgehead atoms. The number of anilines is 1. The second-order valence-electron chi connectivity index (χ2n) is 4.07. The highest BCUT2D eigenvalue weighted by molar-refractivity contribution is 7.99. The summed E-state index contributed by atoms with van der Waals surface area (Å²) in [4.78, 5) is 23.9. The predicted octanol–water partition coefficient (Wildman–Crippen LogP) is 1.15. The number of thioether (sulfide) groups is 1. The molecule has 0 fully saturated rings. The fraction of sp³-hybridized carbons (Fsp3) is 0.667. The van der Waals surface area contributed by atoms with Gasteiger partial charge in [0.15, 0.2) is 0 Å². The Labute approximate surface area is 111 Å². The maximum atomic E-state index is 12.1. The monoisotopic (exact) mass is 271 g/mol. The molecule has 18 heavy (non-hydrogen) atoms. The minimum absolute atomic E-state index is 0.145.